The van der Waals surface area contributed by atoms with E-state index in [0.717, 1.165) is 22.3 Å². The average molecular weight is 774 g/mol. The van der Waals surface area contributed by atoms with Crippen molar-refractivity contribution in [2.45, 2.75) is 0 Å². The van der Waals surface area contributed by atoms with Crippen molar-refractivity contribution >= 4 is 178 Å². The number of hydrogen-bond acceptors (Lipinski definition) is 4. The van der Waals surface area contributed by atoms with Crippen LogP contribution in [0.4, 0.5) is 0 Å². The average Bonchev–Trinajstić information content (AvgIpc) is 3.69. The molecule has 0 atom stereocenters. The molecule has 0 spiro atoms. The van der Waals surface area contributed by atoms with Crippen molar-refractivity contribution < 1.29 is 0 Å². The summed E-state index contributed by atoms with van der Waals surface area (Å²) in [5.41, 5.74) is 25.3. The summed E-state index contributed by atoms with van der Waals surface area (Å²) in [6, 6.07) is 38.2. The van der Waals surface area contributed by atoms with Crippen molar-refractivity contribution in [2.24, 2.45) is 0 Å². The first-order valence-corrected chi connectivity index (χ1v) is 21.8. The van der Waals surface area contributed by atoms with Gasteiger partial charge in [-0.25, -0.2) is 15.0 Å². The van der Waals surface area contributed by atoms with E-state index < -0.39 is 0 Å². The van der Waals surface area contributed by atoms with Crippen LogP contribution in [-0.4, -0.2) is 101 Å². The molecule has 9 rings (SSSR count). The summed E-state index contributed by atoms with van der Waals surface area (Å²) in [7, 11) is 25.2. The largest absolute Gasteiger partial charge is 0.208 e. The Morgan fingerprint density at radius 2 is 0.600 bits per heavy atom. The van der Waals surface area contributed by atoms with E-state index >= 15 is 0 Å². The molecule has 60 heavy (non-hydrogen) atoms. The Kier molecular flexibility index (Phi) is 10.3. The fourth-order valence-electron chi connectivity index (χ4n) is 9.33. The molecule has 7 aromatic carbocycles. The van der Waals surface area contributed by atoms with E-state index in [1.807, 2.05) is 29.5 Å². The van der Waals surface area contributed by atoms with Gasteiger partial charge < -0.3 is 0 Å². The summed E-state index contributed by atoms with van der Waals surface area (Å²) < 4.78 is 2.68. The highest BCUT2D eigenvalue weighted by Crippen LogP contribution is 2.36. The van der Waals surface area contributed by atoms with Crippen molar-refractivity contribution in [3.8, 4) is 67.5 Å². The van der Waals surface area contributed by atoms with Gasteiger partial charge in [0.15, 0.2) is 17.5 Å². The maximum absolute atomic E-state index is 5.31. The highest BCUT2D eigenvalue weighted by molar-refractivity contribution is 7.28. The summed E-state index contributed by atoms with van der Waals surface area (Å²) in [6.07, 6.45) is 0. The van der Waals surface area contributed by atoms with Crippen LogP contribution in [0.5, 0.6) is 0 Å². The minimum Gasteiger partial charge on any atom is -0.208 e. The summed E-state index contributed by atoms with van der Waals surface area (Å²) >= 11 is 1.94. The second-order valence-electron chi connectivity index (χ2n) is 16.7. The van der Waals surface area contributed by atoms with Crippen LogP contribution in [0.25, 0.3) is 87.7 Å². The predicted octanol–water partition coefficient (Wildman–Crippen LogP) is -6.92. The van der Waals surface area contributed by atoms with E-state index in [9.17, 15) is 0 Å². The molecule has 0 amide bonds. The summed E-state index contributed by atoms with van der Waals surface area (Å²) in [5.74, 6) is 2.04. The van der Waals surface area contributed by atoms with Gasteiger partial charge in [0.2, 0.25) is 0 Å². The Labute approximate surface area is 367 Å². The maximum Gasteiger partial charge on any atom is 0.164 e. The minimum atomic E-state index is 0.665. The van der Waals surface area contributed by atoms with E-state index in [-0.39, 0.29) is 0 Å². The van der Waals surface area contributed by atoms with Gasteiger partial charge in [-0.15, -0.1) is 33.2 Å². The third kappa shape index (κ3) is 6.48. The molecule has 3 nitrogen and oxygen atoms in total. The van der Waals surface area contributed by atoms with Gasteiger partial charge in [-0.3, -0.25) is 0 Å². The molecule has 2 heterocycles. The number of rotatable bonds is 6. The monoisotopic (exact) mass is 775 g/mol. The van der Waals surface area contributed by atoms with Gasteiger partial charge in [0.05, 0.1) is 0 Å². The van der Waals surface area contributed by atoms with Crippen LogP contribution in [0.3, 0.4) is 0 Å². The van der Waals surface area contributed by atoms with Crippen molar-refractivity contribution in [1.29, 1.82) is 0 Å². The molecule has 0 unspecified atom stereocenters. The van der Waals surface area contributed by atoms with Crippen LogP contribution in [-0.2, 0) is 0 Å². The van der Waals surface area contributed by atoms with Gasteiger partial charge in [0, 0.05) is 26.1 Å². The van der Waals surface area contributed by atoms with Crippen molar-refractivity contribution in [3.63, 3.8) is 0 Å². The van der Waals surface area contributed by atoms with E-state index in [1.165, 1.54) is 108 Å². The van der Waals surface area contributed by atoms with E-state index in [4.69, 9.17) is 15.0 Å². The molecule has 0 saturated heterocycles. The molecule has 0 fully saturated rings. The van der Waals surface area contributed by atoms with Gasteiger partial charge in [0.25, 0.3) is 0 Å². The van der Waals surface area contributed by atoms with E-state index in [0.29, 0.717) is 17.5 Å². The number of hydrogen-bond donors (Lipinski definition) is 0. The van der Waals surface area contributed by atoms with E-state index in [2.05, 4.69) is 177 Å². The third-order valence-electron chi connectivity index (χ3n) is 13.6. The van der Waals surface area contributed by atoms with Crippen molar-refractivity contribution in [3.05, 3.63) is 109 Å². The summed E-state index contributed by atoms with van der Waals surface area (Å²) in [6.45, 7) is 0. The van der Waals surface area contributed by atoms with Gasteiger partial charge >= 0.3 is 0 Å². The number of nitrogens with zero attached hydrogens (tertiary/aromatic N) is 3. The topological polar surface area (TPSA) is 38.7 Å². The molecule has 0 radical (unpaired) electrons. The Balaban J connectivity index is 1.22. The highest BCUT2D eigenvalue weighted by atomic mass is 32.1. The van der Waals surface area contributed by atoms with Gasteiger partial charge in [0.1, 0.15) is 86.3 Å². The van der Waals surface area contributed by atoms with Crippen LogP contribution in [0, 0.1) is 0 Å². The van der Waals surface area contributed by atoms with Gasteiger partial charge in [-0.05, 0) is 44.2 Å². The third-order valence-corrected chi connectivity index (χ3v) is 15.0. The van der Waals surface area contributed by atoms with E-state index in [1.54, 1.807) is 0 Å². The standard InChI is InChI=1S/C45H40B11N3S/c46-30-25(31(47)39(55)40(56)38(30)54)26-33(49)37(53)34(50)27-28-32(48)35(51)29(36(52)42(28)60-41(26)27)45-58-43(23-9-5-2-6-10-23)57-44(59-45)24-17-15-22(16-18-24)21-13-11-20(12-14-21)19-7-3-1-4-8-19/h1-18H,46-56H2. The van der Waals surface area contributed by atoms with Gasteiger partial charge in [-0.1, -0.05) is 147 Å². The Morgan fingerprint density at radius 1 is 0.267 bits per heavy atom. The second-order valence-corrected chi connectivity index (χ2v) is 17.7. The maximum atomic E-state index is 5.31. The Hall–Kier alpha value is -5.52. The van der Waals surface area contributed by atoms with Crippen molar-refractivity contribution in [1.82, 2.24) is 15.0 Å². The van der Waals surface area contributed by atoms with Crippen LogP contribution >= 0.6 is 11.3 Å². The lowest BCUT2D eigenvalue weighted by molar-refractivity contribution is 1.08. The molecule has 0 bridgehead atoms. The normalized spacial score (nSPS) is 11.4. The summed E-state index contributed by atoms with van der Waals surface area (Å²) in [4.78, 5) is 15.7. The predicted molar refractivity (Wildman–Crippen MR) is 295 cm³/mol. The minimum absolute atomic E-state index is 0.665. The number of fused-ring (bicyclic) bond motifs is 3. The molecule has 0 saturated carbocycles. The van der Waals surface area contributed by atoms with Crippen LogP contribution in [0.2, 0.25) is 0 Å². The molecular weight excluding hydrogens is 734 g/mol. The van der Waals surface area contributed by atoms with Crippen LogP contribution in [0.15, 0.2) is 109 Å². The zero-order valence-electron chi connectivity index (χ0n) is 36.6. The molecule has 0 aliphatic rings. The lowest BCUT2D eigenvalue weighted by atomic mass is 9.58. The van der Waals surface area contributed by atoms with Crippen LogP contribution in [0.1, 0.15) is 0 Å². The smallest absolute Gasteiger partial charge is 0.164 e. The SMILES string of the molecule is Bc1c(B)c(B)c(-c2c(B)c(B)c(B)c3c2sc2c(B)c(-c4nc(-c5ccccc5)nc(-c5ccc(-c6ccc(-c7ccccc7)cc6)cc5)n4)c(B)c(B)c23)c(B)c1B. The molecule has 0 aliphatic carbocycles. The highest BCUT2D eigenvalue weighted by Gasteiger charge is 2.26. The quantitative estimate of drug-likeness (QED) is 0.158. The Morgan fingerprint density at radius 3 is 1.12 bits per heavy atom. The molecule has 0 N–H and O–H groups in total. The molecule has 2 aromatic heterocycles. The molecular formula is C45H40B11N3S. The first-order valence-electron chi connectivity index (χ1n) is 21.0. The fraction of sp³-hybridized carbons (Fsp3) is 0. The van der Waals surface area contributed by atoms with Gasteiger partial charge in [-0.2, -0.15) is 0 Å². The molecule has 9 aromatic rings. The first-order chi connectivity index (χ1) is 28.8. The number of thiophene rings is 1. The molecule has 274 valence electrons. The lowest BCUT2D eigenvalue weighted by Crippen LogP contribution is -2.56. The van der Waals surface area contributed by atoms with Crippen molar-refractivity contribution in [2.75, 3.05) is 0 Å². The fourth-order valence-corrected chi connectivity index (χ4v) is 10.9. The molecule has 15 heteroatoms. The zero-order valence-corrected chi connectivity index (χ0v) is 37.5. The summed E-state index contributed by atoms with van der Waals surface area (Å²) in [5, 5.41) is 2.74. The first kappa shape index (κ1) is 39.9. The number of benzene rings is 7. The zero-order chi connectivity index (χ0) is 42.1. The number of aromatic nitrogens is 3. The Bertz CT molecular complexity index is 3170. The second kappa shape index (κ2) is 15.5. The lowest BCUT2D eigenvalue weighted by Gasteiger charge is -2.24. The van der Waals surface area contributed by atoms with Crippen LogP contribution < -0.4 is 60.1 Å². The molecule has 0 aliphatic heterocycles.